The van der Waals surface area contributed by atoms with Crippen LogP contribution in [0.5, 0.6) is 0 Å². The zero-order valence-electron chi connectivity index (χ0n) is 10.7. The Kier molecular flexibility index (Phi) is 6.59. The van der Waals surface area contributed by atoms with Crippen molar-refractivity contribution in [2.24, 2.45) is 11.3 Å². The first kappa shape index (κ1) is 14.1. The number of hydrogen-bond donors (Lipinski definition) is 0. The Balaban J connectivity index is 4.19. The lowest BCUT2D eigenvalue weighted by Crippen LogP contribution is -2.09. The van der Waals surface area contributed by atoms with E-state index in [0.717, 1.165) is 12.3 Å². The molecule has 0 radical (unpaired) electrons. The predicted molar refractivity (Wildman–Crippen MR) is 69.7 cm³/mol. The normalized spacial score (nSPS) is 15.7. The van der Waals surface area contributed by atoms with Gasteiger partial charge in [-0.2, -0.15) is 0 Å². The molecule has 0 saturated heterocycles. The van der Waals surface area contributed by atoms with Crippen molar-refractivity contribution in [1.29, 1.82) is 0 Å². The fourth-order valence-corrected chi connectivity index (χ4v) is 2.44. The van der Waals surface area contributed by atoms with Gasteiger partial charge in [-0.1, -0.05) is 47.6 Å². The van der Waals surface area contributed by atoms with Crippen molar-refractivity contribution in [3.05, 3.63) is 11.0 Å². The van der Waals surface area contributed by atoms with E-state index < -0.39 is 0 Å². The van der Waals surface area contributed by atoms with Crippen LogP contribution in [0.15, 0.2) is 11.0 Å². The molecule has 0 spiro atoms. The summed E-state index contributed by atoms with van der Waals surface area (Å²) < 4.78 is 0. The van der Waals surface area contributed by atoms with Gasteiger partial charge < -0.3 is 0 Å². The fraction of sp³-hybridized carbons (Fsp3) is 0.846. The Labute approximate surface area is 94.6 Å². The van der Waals surface area contributed by atoms with Crippen LogP contribution in [0.3, 0.4) is 0 Å². The van der Waals surface area contributed by atoms with Gasteiger partial charge in [0.25, 0.3) is 0 Å². The molecule has 0 N–H and O–H groups in total. The van der Waals surface area contributed by atoms with E-state index >= 15 is 0 Å². The average Bonchev–Trinajstić information content (AvgIpc) is 2.09. The van der Waals surface area contributed by atoms with Crippen LogP contribution < -0.4 is 0 Å². The quantitative estimate of drug-likeness (QED) is 0.613. The molecular weight excluding hydrogens is 188 g/mol. The second-order valence-corrected chi connectivity index (χ2v) is 6.22. The van der Waals surface area contributed by atoms with Gasteiger partial charge in [0.2, 0.25) is 0 Å². The van der Waals surface area contributed by atoms with E-state index in [1.165, 1.54) is 12.2 Å². The van der Waals surface area contributed by atoms with Crippen LogP contribution in [0, 0.1) is 11.3 Å². The Morgan fingerprint density at radius 2 is 1.86 bits per heavy atom. The number of rotatable bonds is 5. The van der Waals surface area contributed by atoms with Crippen LogP contribution in [-0.4, -0.2) is 5.75 Å². The predicted octanol–water partition coefficient (Wildman–Crippen LogP) is 5.11. The maximum atomic E-state index is 2.39. The second kappa shape index (κ2) is 6.55. The number of allylic oxidation sites excluding steroid dienone is 2. The average molecular weight is 214 g/mol. The molecule has 0 aromatic carbocycles. The summed E-state index contributed by atoms with van der Waals surface area (Å²) in [6.07, 6.45) is 4.81. The molecule has 0 nitrogen and oxygen atoms in total. The van der Waals surface area contributed by atoms with Gasteiger partial charge in [0.1, 0.15) is 0 Å². The van der Waals surface area contributed by atoms with Crippen molar-refractivity contribution >= 4 is 11.8 Å². The number of thioether (sulfide) groups is 1. The third kappa shape index (κ3) is 6.53. The van der Waals surface area contributed by atoms with Crippen molar-refractivity contribution < 1.29 is 0 Å². The summed E-state index contributed by atoms with van der Waals surface area (Å²) >= 11 is 2.05. The molecule has 0 bridgehead atoms. The zero-order chi connectivity index (χ0) is 11.2. The maximum Gasteiger partial charge on any atom is 0.00255 e. The van der Waals surface area contributed by atoms with Crippen LogP contribution in [0.25, 0.3) is 0 Å². The highest BCUT2D eigenvalue weighted by Crippen LogP contribution is 2.32. The summed E-state index contributed by atoms with van der Waals surface area (Å²) in [5.74, 6) is 1.96. The minimum absolute atomic E-state index is 0.435. The molecule has 84 valence electrons. The van der Waals surface area contributed by atoms with Gasteiger partial charge in [-0.3, -0.25) is 0 Å². The molecular formula is C13H26S. The molecule has 0 saturated carbocycles. The Bertz CT molecular complexity index is 174. The third-order valence-corrected chi connectivity index (χ3v) is 4.09. The third-order valence-electron chi connectivity index (χ3n) is 2.18. The van der Waals surface area contributed by atoms with E-state index in [-0.39, 0.29) is 0 Å². The highest BCUT2D eigenvalue weighted by molar-refractivity contribution is 8.03. The lowest BCUT2D eigenvalue weighted by molar-refractivity contribution is 0.480. The molecule has 1 atom stereocenters. The SMILES string of the molecule is CC/C=C(/SCC(C)(C)C)C(C)CC. The van der Waals surface area contributed by atoms with Crippen LogP contribution in [-0.2, 0) is 0 Å². The second-order valence-electron chi connectivity index (χ2n) is 5.17. The largest absolute Gasteiger partial charge is 0.130 e. The molecule has 0 aromatic rings. The summed E-state index contributed by atoms with van der Waals surface area (Å²) in [6.45, 7) is 13.7. The van der Waals surface area contributed by atoms with E-state index in [4.69, 9.17) is 0 Å². The molecule has 0 aromatic heterocycles. The van der Waals surface area contributed by atoms with E-state index in [0.29, 0.717) is 5.41 Å². The standard InChI is InChI=1S/C13H26S/c1-7-9-12(11(3)8-2)14-10-13(4,5)6/h9,11H,7-8,10H2,1-6H3/b12-9+. The summed E-state index contributed by atoms with van der Waals surface area (Å²) in [4.78, 5) is 1.59. The summed E-state index contributed by atoms with van der Waals surface area (Å²) in [5, 5.41) is 0. The first-order valence-corrected chi connectivity index (χ1v) is 6.72. The molecule has 0 amide bonds. The van der Waals surface area contributed by atoms with Crippen molar-refractivity contribution in [2.45, 2.75) is 54.4 Å². The Hall–Kier alpha value is 0.0900. The Morgan fingerprint density at radius 1 is 1.29 bits per heavy atom. The van der Waals surface area contributed by atoms with Gasteiger partial charge in [0.05, 0.1) is 0 Å². The van der Waals surface area contributed by atoms with Gasteiger partial charge in [0, 0.05) is 5.75 Å². The minimum Gasteiger partial charge on any atom is -0.130 e. The summed E-state index contributed by atoms with van der Waals surface area (Å²) in [5.41, 5.74) is 0.435. The smallest absolute Gasteiger partial charge is 0.00255 e. The van der Waals surface area contributed by atoms with Gasteiger partial charge in [-0.05, 0) is 29.1 Å². The molecule has 0 aliphatic rings. The van der Waals surface area contributed by atoms with E-state index in [1.54, 1.807) is 4.91 Å². The van der Waals surface area contributed by atoms with Crippen LogP contribution in [0.2, 0.25) is 0 Å². The molecule has 0 aliphatic heterocycles. The van der Waals surface area contributed by atoms with Gasteiger partial charge in [0.15, 0.2) is 0 Å². The highest BCUT2D eigenvalue weighted by Gasteiger charge is 2.13. The van der Waals surface area contributed by atoms with Crippen molar-refractivity contribution in [3.8, 4) is 0 Å². The summed E-state index contributed by atoms with van der Waals surface area (Å²) in [7, 11) is 0. The topological polar surface area (TPSA) is 0 Å². The first-order valence-electron chi connectivity index (χ1n) is 5.73. The molecule has 14 heavy (non-hydrogen) atoms. The van der Waals surface area contributed by atoms with E-state index in [2.05, 4.69) is 47.6 Å². The highest BCUT2D eigenvalue weighted by atomic mass is 32.2. The first-order chi connectivity index (χ1) is 6.40. The molecule has 1 heteroatoms. The van der Waals surface area contributed by atoms with E-state index in [9.17, 15) is 0 Å². The molecule has 0 fully saturated rings. The van der Waals surface area contributed by atoms with Crippen LogP contribution in [0.1, 0.15) is 54.4 Å². The monoisotopic (exact) mass is 214 g/mol. The van der Waals surface area contributed by atoms with Gasteiger partial charge in [-0.25, -0.2) is 0 Å². The fourth-order valence-electron chi connectivity index (χ4n) is 1.10. The molecule has 0 rings (SSSR count). The maximum absolute atomic E-state index is 2.39. The van der Waals surface area contributed by atoms with E-state index in [1.807, 2.05) is 11.8 Å². The van der Waals surface area contributed by atoms with Gasteiger partial charge in [-0.15, -0.1) is 11.8 Å². The lowest BCUT2D eigenvalue weighted by Gasteiger charge is -2.21. The van der Waals surface area contributed by atoms with Crippen LogP contribution >= 0.6 is 11.8 Å². The lowest BCUT2D eigenvalue weighted by atomic mass is 10.0. The minimum atomic E-state index is 0.435. The molecule has 0 aliphatic carbocycles. The number of hydrogen-bond acceptors (Lipinski definition) is 1. The van der Waals surface area contributed by atoms with Crippen LogP contribution in [0.4, 0.5) is 0 Å². The molecule has 1 unspecified atom stereocenters. The van der Waals surface area contributed by atoms with Crippen molar-refractivity contribution in [1.82, 2.24) is 0 Å². The van der Waals surface area contributed by atoms with Gasteiger partial charge >= 0.3 is 0 Å². The zero-order valence-corrected chi connectivity index (χ0v) is 11.5. The van der Waals surface area contributed by atoms with Crippen molar-refractivity contribution in [3.63, 3.8) is 0 Å². The summed E-state index contributed by atoms with van der Waals surface area (Å²) in [6, 6.07) is 0. The molecule has 0 heterocycles. The Morgan fingerprint density at radius 3 is 2.21 bits per heavy atom. The van der Waals surface area contributed by atoms with Crippen molar-refractivity contribution in [2.75, 3.05) is 5.75 Å².